The Morgan fingerprint density at radius 1 is 1.00 bits per heavy atom. The molecule has 4 nitrogen and oxygen atoms in total. The first-order valence-corrected chi connectivity index (χ1v) is 6.71. The largest absolute Gasteiger partial charge is 0.480 e. The number of carboxylic acid groups (broad SMARTS) is 1. The van der Waals surface area contributed by atoms with E-state index in [1.54, 1.807) is 0 Å². The van der Waals surface area contributed by atoms with E-state index >= 15 is 0 Å². The van der Waals surface area contributed by atoms with Gasteiger partial charge in [0, 0.05) is 18.6 Å². The highest BCUT2D eigenvalue weighted by molar-refractivity contribution is 5.97. The third-order valence-electron chi connectivity index (χ3n) is 3.22. The molecule has 0 fully saturated rings. The second kappa shape index (κ2) is 7.12. The Labute approximate surface area is 133 Å². The molecule has 24 heavy (non-hydrogen) atoms. The van der Waals surface area contributed by atoms with Crippen LogP contribution in [0.4, 0.5) is 17.6 Å². The maximum Gasteiger partial charge on any atom is 0.326 e. The van der Waals surface area contributed by atoms with Gasteiger partial charge in [0.05, 0.1) is 0 Å². The van der Waals surface area contributed by atoms with Crippen molar-refractivity contribution in [1.29, 1.82) is 0 Å². The lowest BCUT2D eigenvalue weighted by Crippen LogP contribution is -2.43. The van der Waals surface area contributed by atoms with Crippen LogP contribution in [-0.2, 0) is 11.2 Å². The van der Waals surface area contributed by atoms with Crippen molar-refractivity contribution < 1.29 is 32.3 Å². The summed E-state index contributed by atoms with van der Waals surface area (Å²) in [7, 11) is 0. The Morgan fingerprint density at radius 3 is 2.12 bits per heavy atom. The van der Waals surface area contributed by atoms with E-state index in [4.69, 9.17) is 5.11 Å². The quantitative estimate of drug-likeness (QED) is 0.822. The molecule has 2 aromatic rings. The summed E-state index contributed by atoms with van der Waals surface area (Å²) in [6.07, 6.45) is -0.432. The number of carbonyl (C=O) groups excluding carboxylic acids is 1. The molecule has 1 amide bonds. The summed E-state index contributed by atoms with van der Waals surface area (Å²) in [5.74, 6) is -7.75. The van der Waals surface area contributed by atoms with Gasteiger partial charge in [-0.2, -0.15) is 0 Å². The Bertz CT molecular complexity index is 772. The van der Waals surface area contributed by atoms with Crippen LogP contribution >= 0.6 is 0 Å². The van der Waals surface area contributed by atoms with Crippen LogP contribution in [0, 0.1) is 23.3 Å². The van der Waals surface area contributed by atoms with E-state index in [0.717, 1.165) is 6.07 Å². The molecule has 0 saturated carbocycles. The average Bonchev–Trinajstić information content (AvgIpc) is 2.47. The van der Waals surface area contributed by atoms with E-state index in [1.807, 2.05) is 5.32 Å². The van der Waals surface area contributed by atoms with Gasteiger partial charge in [-0.1, -0.05) is 18.2 Å². The second-order valence-corrected chi connectivity index (χ2v) is 4.90. The van der Waals surface area contributed by atoms with Crippen LogP contribution in [-0.4, -0.2) is 23.0 Å². The van der Waals surface area contributed by atoms with Gasteiger partial charge in [0.1, 0.15) is 34.9 Å². The van der Waals surface area contributed by atoms with Crippen molar-refractivity contribution in [3.63, 3.8) is 0 Å². The minimum atomic E-state index is -1.63. The van der Waals surface area contributed by atoms with Gasteiger partial charge < -0.3 is 10.4 Å². The van der Waals surface area contributed by atoms with Crippen molar-refractivity contribution >= 4 is 11.9 Å². The van der Waals surface area contributed by atoms with Crippen LogP contribution in [0.1, 0.15) is 15.9 Å². The van der Waals surface area contributed by atoms with Crippen LogP contribution in [0.5, 0.6) is 0 Å². The molecule has 0 radical (unpaired) electrons. The first-order valence-electron chi connectivity index (χ1n) is 6.71. The molecule has 0 aliphatic carbocycles. The topological polar surface area (TPSA) is 66.4 Å². The van der Waals surface area contributed by atoms with Crippen LogP contribution in [0.2, 0.25) is 0 Å². The van der Waals surface area contributed by atoms with Crippen LogP contribution < -0.4 is 5.32 Å². The zero-order chi connectivity index (χ0) is 17.9. The van der Waals surface area contributed by atoms with Crippen molar-refractivity contribution in [3.05, 3.63) is 70.8 Å². The molecule has 0 bridgehead atoms. The molecule has 2 aromatic carbocycles. The molecule has 1 atom stereocenters. The Kier molecular flexibility index (Phi) is 5.18. The minimum absolute atomic E-state index is 0.00486. The zero-order valence-corrected chi connectivity index (χ0v) is 12.0. The molecule has 0 saturated heterocycles. The van der Waals surface area contributed by atoms with Gasteiger partial charge in [-0.3, -0.25) is 4.79 Å². The lowest BCUT2D eigenvalue weighted by Gasteiger charge is -2.15. The first kappa shape index (κ1) is 17.5. The number of hydrogen-bond acceptors (Lipinski definition) is 2. The summed E-state index contributed by atoms with van der Waals surface area (Å²) in [6.45, 7) is 0. The van der Waals surface area contributed by atoms with E-state index in [2.05, 4.69) is 0 Å². The SMILES string of the molecule is O=C(N[C@@H](Cc1ccccc1F)C(=O)O)c1c(F)cc(F)cc1F. The van der Waals surface area contributed by atoms with Gasteiger partial charge in [-0.25, -0.2) is 22.4 Å². The van der Waals surface area contributed by atoms with E-state index in [-0.39, 0.29) is 5.56 Å². The summed E-state index contributed by atoms with van der Waals surface area (Å²) < 4.78 is 53.5. The van der Waals surface area contributed by atoms with Gasteiger partial charge in [-0.15, -0.1) is 0 Å². The highest BCUT2D eigenvalue weighted by atomic mass is 19.1. The number of aliphatic carboxylic acids is 1. The van der Waals surface area contributed by atoms with Gasteiger partial charge in [0.2, 0.25) is 0 Å². The number of carbonyl (C=O) groups is 2. The average molecular weight is 341 g/mol. The predicted molar refractivity (Wildman–Crippen MR) is 75.3 cm³/mol. The second-order valence-electron chi connectivity index (χ2n) is 4.90. The molecule has 126 valence electrons. The van der Waals surface area contributed by atoms with E-state index in [0.29, 0.717) is 12.1 Å². The summed E-state index contributed by atoms with van der Waals surface area (Å²) in [5, 5.41) is 11.0. The number of benzene rings is 2. The minimum Gasteiger partial charge on any atom is -0.480 e. The molecule has 0 unspecified atom stereocenters. The van der Waals surface area contributed by atoms with Gasteiger partial charge in [-0.05, 0) is 11.6 Å². The first-order chi connectivity index (χ1) is 11.3. The van der Waals surface area contributed by atoms with Gasteiger partial charge in [0.25, 0.3) is 5.91 Å². The molecule has 0 aromatic heterocycles. The van der Waals surface area contributed by atoms with E-state index in [1.165, 1.54) is 18.2 Å². The van der Waals surface area contributed by atoms with Crippen LogP contribution in [0.3, 0.4) is 0 Å². The zero-order valence-electron chi connectivity index (χ0n) is 12.0. The molecule has 2 rings (SSSR count). The maximum atomic E-state index is 13.6. The van der Waals surface area contributed by atoms with Crippen molar-refractivity contribution in [2.24, 2.45) is 0 Å². The van der Waals surface area contributed by atoms with Crippen LogP contribution in [0.25, 0.3) is 0 Å². The van der Waals surface area contributed by atoms with Crippen molar-refractivity contribution in [2.45, 2.75) is 12.5 Å². The normalized spacial score (nSPS) is 11.8. The van der Waals surface area contributed by atoms with Crippen molar-refractivity contribution in [2.75, 3.05) is 0 Å². The predicted octanol–water partition coefficient (Wildman–Crippen LogP) is 2.67. The smallest absolute Gasteiger partial charge is 0.326 e. The number of hydrogen-bond donors (Lipinski definition) is 2. The Balaban J connectivity index is 2.24. The lowest BCUT2D eigenvalue weighted by molar-refractivity contribution is -0.139. The number of carboxylic acids is 1. The molecule has 8 heteroatoms. The molecule has 0 heterocycles. The summed E-state index contributed by atoms with van der Waals surface area (Å²) in [5.41, 5.74) is -1.11. The maximum absolute atomic E-state index is 13.6. The van der Waals surface area contributed by atoms with Gasteiger partial charge >= 0.3 is 5.97 Å². The van der Waals surface area contributed by atoms with E-state index in [9.17, 15) is 27.2 Å². The van der Waals surface area contributed by atoms with Gasteiger partial charge in [0.15, 0.2) is 0 Å². The number of nitrogens with one attached hydrogen (secondary N) is 1. The van der Waals surface area contributed by atoms with E-state index < -0.39 is 53.2 Å². The third-order valence-corrected chi connectivity index (χ3v) is 3.22. The lowest BCUT2D eigenvalue weighted by atomic mass is 10.0. The Morgan fingerprint density at radius 2 is 1.58 bits per heavy atom. The van der Waals surface area contributed by atoms with Crippen molar-refractivity contribution in [1.82, 2.24) is 5.32 Å². The molecule has 2 N–H and O–H groups in total. The van der Waals surface area contributed by atoms with Crippen LogP contribution in [0.15, 0.2) is 36.4 Å². The molecular formula is C16H11F4NO3. The number of halogens is 4. The molecule has 0 aliphatic rings. The monoisotopic (exact) mass is 341 g/mol. The fraction of sp³-hybridized carbons (Fsp3) is 0.125. The summed E-state index contributed by atoms with van der Waals surface area (Å²) in [6, 6.07) is 4.26. The Hall–Kier alpha value is -2.90. The number of rotatable bonds is 5. The molecule has 0 aliphatic heterocycles. The summed E-state index contributed by atoms with van der Waals surface area (Å²) >= 11 is 0. The highest BCUT2D eigenvalue weighted by Gasteiger charge is 2.26. The molecule has 0 spiro atoms. The summed E-state index contributed by atoms with van der Waals surface area (Å²) in [4.78, 5) is 23.1. The molecular weight excluding hydrogens is 330 g/mol. The number of amides is 1. The van der Waals surface area contributed by atoms with Crippen molar-refractivity contribution in [3.8, 4) is 0 Å². The fourth-order valence-electron chi connectivity index (χ4n) is 2.07. The fourth-order valence-corrected chi connectivity index (χ4v) is 2.07. The third kappa shape index (κ3) is 3.89. The highest BCUT2D eigenvalue weighted by Crippen LogP contribution is 2.16. The standard InChI is InChI=1S/C16H11F4NO3/c17-9-6-11(19)14(12(20)7-9)15(22)21-13(16(23)24)5-8-3-1-2-4-10(8)18/h1-4,6-7,13H,5H2,(H,21,22)(H,23,24)/t13-/m0/s1.